The van der Waals surface area contributed by atoms with E-state index in [1.807, 2.05) is 0 Å². The van der Waals surface area contributed by atoms with Crippen LogP contribution in [0.1, 0.15) is 67.9 Å². The summed E-state index contributed by atoms with van der Waals surface area (Å²) in [6, 6.07) is 15.9. The summed E-state index contributed by atoms with van der Waals surface area (Å²) in [7, 11) is 0. The fourth-order valence-corrected chi connectivity index (χ4v) is 5.33. The molecule has 0 spiro atoms. The van der Waals surface area contributed by atoms with E-state index in [-0.39, 0.29) is 5.41 Å². The Kier molecular flexibility index (Phi) is 5.73. The number of fused-ring (bicyclic) bond motifs is 1. The zero-order valence-electron chi connectivity index (χ0n) is 20.1. The third kappa shape index (κ3) is 4.03. The first-order chi connectivity index (χ1) is 14.7. The molecular weight excluding hydrogens is 374 g/mol. The van der Waals surface area contributed by atoms with Gasteiger partial charge in [-0.05, 0) is 65.6 Å². The Morgan fingerprint density at radius 3 is 2.39 bits per heavy atom. The Morgan fingerprint density at radius 1 is 1.03 bits per heavy atom. The van der Waals surface area contributed by atoms with E-state index in [2.05, 4.69) is 108 Å². The third-order valence-electron chi connectivity index (χ3n) is 7.61. The minimum Gasteiger partial charge on any atom is -0.367 e. The van der Waals surface area contributed by atoms with Gasteiger partial charge >= 0.3 is 0 Å². The fourth-order valence-electron chi connectivity index (χ4n) is 5.33. The summed E-state index contributed by atoms with van der Waals surface area (Å²) in [5, 5.41) is 0. The lowest BCUT2D eigenvalue weighted by Gasteiger charge is -2.47. The van der Waals surface area contributed by atoms with E-state index < -0.39 is 0 Å². The van der Waals surface area contributed by atoms with Gasteiger partial charge in [-0.15, -0.1) is 0 Å². The molecule has 2 atom stereocenters. The van der Waals surface area contributed by atoms with Crippen LogP contribution in [0.4, 0.5) is 0 Å². The van der Waals surface area contributed by atoms with E-state index in [1.54, 1.807) is 5.57 Å². The van der Waals surface area contributed by atoms with Crippen molar-refractivity contribution in [3.05, 3.63) is 94.6 Å². The van der Waals surface area contributed by atoms with E-state index in [0.29, 0.717) is 11.8 Å². The van der Waals surface area contributed by atoms with Crippen molar-refractivity contribution < 1.29 is 0 Å². The highest BCUT2D eigenvalue weighted by Gasteiger charge is 2.40. The van der Waals surface area contributed by atoms with Crippen molar-refractivity contribution in [3.63, 3.8) is 0 Å². The molecule has 0 fully saturated rings. The molecule has 1 heterocycles. The second-order valence-corrected chi connectivity index (χ2v) is 10.2. The Labute approximate surface area is 189 Å². The highest BCUT2D eigenvalue weighted by molar-refractivity contribution is 5.72. The zero-order valence-corrected chi connectivity index (χ0v) is 20.1. The SMILES string of the molecule is C=C(c1ccc(C)c(C)c1)N1CC=C2C(C)C(c3ccc(C(C)C)cc3)=CCC2(C)C1. The number of benzene rings is 2. The molecule has 2 aliphatic rings. The first kappa shape index (κ1) is 21.7. The minimum absolute atomic E-state index is 0.168. The molecule has 1 heteroatoms. The van der Waals surface area contributed by atoms with Gasteiger partial charge in [-0.3, -0.25) is 0 Å². The van der Waals surface area contributed by atoms with Crippen LogP contribution in [-0.4, -0.2) is 18.0 Å². The maximum Gasteiger partial charge on any atom is 0.0370 e. The minimum atomic E-state index is 0.168. The number of nitrogens with zero attached hydrogens (tertiary/aromatic N) is 1. The lowest BCUT2D eigenvalue weighted by atomic mass is 9.65. The molecule has 0 N–H and O–H groups in total. The molecule has 0 radical (unpaired) electrons. The average molecular weight is 412 g/mol. The van der Waals surface area contributed by atoms with Crippen LogP contribution in [0.3, 0.4) is 0 Å². The van der Waals surface area contributed by atoms with Crippen LogP contribution >= 0.6 is 0 Å². The monoisotopic (exact) mass is 411 g/mol. The maximum absolute atomic E-state index is 4.47. The van der Waals surface area contributed by atoms with Crippen molar-refractivity contribution in [2.75, 3.05) is 13.1 Å². The van der Waals surface area contributed by atoms with Crippen LogP contribution in [-0.2, 0) is 0 Å². The molecule has 2 aromatic rings. The normalized spacial score (nSPS) is 23.3. The van der Waals surface area contributed by atoms with Crippen molar-refractivity contribution in [1.82, 2.24) is 4.90 Å². The molecule has 0 saturated carbocycles. The molecule has 162 valence electrons. The van der Waals surface area contributed by atoms with Gasteiger partial charge in [0.05, 0.1) is 0 Å². The van der Waals surface area contributed by atoms with E-state index in [1.165, 1.54) is 33.4 Å². The molecule has 31 heavy (non-hydrogen) atoms. The highest BCUT2D eigenvalue weighted by atomic mass is 15.1. The van der Waals surface area contributed by atoms with Gasteiger partial charge in [-0.2, -0.15) is 0 Å². The van der Waals surface area contributed by atoms with Gasteiger partial charge in [0, 0.05) is 30.1 Å². The van der Waals surface area contributed by atoms with Gasteiger partial charge in [0.2, 0.25) is 0 Å². The molecule has 0 bridgehead atoms. The van der Waals surface area contributed by atoms with Crippen molar-refractivity contribution in [2.24, 2.45) is 11.3 Å². The summed E-state index contributed by atoms with van der Waals surface area (Å²) >= 11 is 0. The largest absolute Gasteiger partial charge is 0.367 e. The molecule has 2 unspecified atom stereocenters. The predicted octanol–water partition coefficient (Wildman–Crippen LogP) is 7.77. The van der Waals surface area contributed by atoms with E-state index in [9.17, 15) is 0 Å². The summed E-state index contributed by atoms with van der Waals surface area (Å²) in [5.74, 6) is 1.04. The van der Waals surface area contributed by atoms with Crippen LogP contribution in [0.5, 0.6) is 0 Å². The Hall–Kier alpha value is -2.54. The van der Waals surface area contributed by atoms with Crippen LogP contribution in [0.15, 0.2) is 66.8 Å². The summed E-state index contributed by atoms with van der Waals surface area (Å²) < 4.78 is 0. The van der Waals surface area contributed by atoms with Crippen molar-refractivity contribution in [1.29, 1.82) is 0 Å². The van der Waals surface area contributed by atoms with Gasteiger partial charge < -0.3 is 4.90 Å². The molecule has 1 aliphatic heterocycles. The number of rotatable bonds is 4. The van der Waals surface area contributed by atoms with Gasteiger partial charge in [0.15, 0.2) is 0 Å². The topological polar surface area (TPSA) is 3.24 Å². The molecular formula is C30H37N. The van der Waals surface area contributed by atoms with E-state index in [0.717, 1.165) is 25.2 Å². The number of aryl methyl sites for hydroxylation is 2. The van der Waals surface area contributed by atoms with Gasteiger partial charge in [-0.1, -0.05) is 88.4 Å². The zero-order chi connectivity index (χ0) is 22.3. The lowest BCUT2D eigenvalue weighted by molar-refractivity contribution is 0.239. The van der Waals surface area contributed by atoms with Crippen LogP contribution in [0.25, 0.3) is 11.3 Å². The van der Waals surface area contributed by atoms with E-state index in [4.69, 9.17) is 0 Å². The molecule has 4 rings (SSSR count). The third-order valence-corrected chi connectivity index (χ3v) is 7.61. The fraction of sp³-hybridized carbons (Fsp3) is 0.400. The van der Waals surface area contributed by atoms with Gasteiger partial charge in [0.25, 0.3) is 0 Å². The lowest BCUT2D eigenvalue weighted by Crippen LogP contribution is -2.43. The second-order valence-electron chi connectivity index (χ2n) is 10.2. The van der Waals surface area contributed by atoms with Crippen molar-refractivity contribution in [2.45, 2.75) is 53.9 Å². The highest BCUT2D eigenvalue weighted by Crippen LogP contribution is 2.49. The van der Waals surface area contributed by atoms with Gasteiger partial charge in [0.1, 0.15) is 0 Å². The first-order valence-electron chi connectivity index (χ1n) is 11.7. The summed E-state index contributed by atoms with van der Waals surface area (Å²) in [6.45, 7) is 20.1. The summed E-state index contributed by atoms with van der Waals surface area (Å²) in [5.41, 5.74) is 11.1. The standard InChI is InChI=1S/C30H37N/c1-20(2)25-10-12-26(13-11-25)28-14-16-30(7)19-31(17-15-29(30)23(28)5)24(6)27-9-8-21(3)22(4)18-27/h8-15,18,20,23H,6,16-17,19H2,1-5,7H3. The second kappa shape index (κ2) is 8.19. The maximum atomic E-state index is 4.47. The van der Waals surface area contributed by atoms with Crippen molar-refractivity contribution >= 4 is 11.3 Å². The Balaban J connectivity index is 1.56. The van der Waals surface area contributed by atoms with Gasteiger partial charge in [-0.25, -0.2) is 0 Å². The predicted molar refractivity (Wildman–Crippen MR) is 135 cm³/mol. The Bertz CT molecular complexity index is 1050. The molecule has 0 amide bonds. The first-order valence-corrected chi connectivity index (χ1v) is 11.7. The quantitative estimate of drug-likeness (QED) is 0.464. The van der Waals surface area contributed by atoms with Crippen molar-refractivity contribution in [3.8, 4) is 0 Å². The smallest absolute Gasteiger partial charge is 0.0370 e. The number of hydrogen-bond donors (Lipinski definition) is 0. The molecule has 2 aromatic carbocycles. The number of allylic oxidation sites excluding steroid dienone is 2. The van der Waals surface area contributed by atoms with Crippen LogP contribution in [0.2, 0.25) is 0 Å². The molecule has 1 aliphatic carbocycles. The molecule has 0 aromatic heterocycles. The molecule has 0 saturated heterocycles. The Morgan fingerprint density at radius 2 is 1.74 bits per heavy atom. The average Bonchev–Trinajstić information content (AvgIpc) is 2.75. The van der Waals surface area contributed by atoms with E-state index >= 15 is 0 Å². The summed E-state index contributed by atoms with van der Waals surface area (Å²) in [4.78, 5) is 2.47. The van der Waals surface area contributed by atoms with Crippen LogP contribution in [0, 0.1) is 25.2 Å². The van der Waals surface area contributed by atoms with Crippen LogP contribution < -0.4 is 0 Å². The molecule has 1 nitrogen and oxygen atoms in total. The summed E-state index contributed by atoms with van der Waals surface area (Å²) in [6.07, 6.45) is 6.06. The number of hydrogen-bond acceptors (Lipinski definition) is 1.